The van der Waals surface area contributed by atoms with E-state index in [9.17, 15) is 18.0 Å². The van der Waals surface area contributed by atoms with E-state index < -0.39 is 27.8 Å². The van der Waals surface area contributed by atoms with Gasteiger partial charge in [0.2, 0.25) is 5.09 Å². The molecule has 8 nitrogen and oxygen atoms in total. The summed E-state index contributed by atoms with van der Waals surface area (Å²) in [4.78, 5) is 23.3. The Hall–Kier alpha value is -2.65. The molecule has 134 valence electrons. The van der Waals surface area contributed by atoms with Crippen molar-refractivity contribution in [1.29, 1.82) is 0 Å². The number of aliphatic carboxylic acids is 1. The zero-order valence-corrected chi connectivity index (χ0v) is 14.7. The van der Waals surface area contributed by atoms with Gasteiger partial charge in [0, 0.05) is 11.8 Å². The summed E-state index contributed by atoms with van der Waals surface area (Å²) in [6.45, 7) is 3.05. The van der Waals surface area contributed by atoms with Crippen molar-refractivity contribution in [2.75, 3.05) is 12.4 Å². The van der Waals surface area contributed by atoms with Gasteiger partial charge in [0.25, 0.3) is 15.9 Å². The molecule has 0 aliphatic rings. The zero-order chi connectivity index (χ0) is 18.8. The fraction of sp³-hybridized carbons (Fsp3) is 0.250. The van der Waals surface area contributed by atoms with Crippen LogP contribution in [0.2, 0.25) is 0 Å². The molecular formula is C16H18N2O6S. The maximum absolute atomic E-state index is 12.3. The molecule has 1 heterocycles. The van der Waals surface area contributed by atoms with E-state index in [2.05, 4.69) is 10.0 Å². The first-order valence-electron chi connectivity index (χ1n) is 7.34. The van der Waals surface area contributed by atoms with Gasteiger partial charge in [0.05, 0.1) is 11.5 Å². The molecule has 3 N–H and O–H groups in total. The van der Waals surface area contributed by atoms with Gasteiger partial charge < -0.3 is 14.8 Å². The third kappa shape index (κ3) is 4.06. The summed E-state index contributed by atoms with van der Waals surface area (Å²) in [5, 5.41) is 11.3. The average Bonchev–Trinajstić information content (AvgIpc) is 2.97. The minimum Gasteiger partial charge on any atom is -0.481 e. The van der Waals surface area contributed by atoms with Crippen LogP contribution in [0.3, 0.4) is 0 Å². The van der Waals surface area contributed by atoms with Crippen LogP contribution < -0.4 is 10.0 Å². The molecule has 1 aromatic carbocycles. The van der Waals surface area contributed by atoms with E-state index >= 15 is 0 Å². The number of amides is 1. The zero-order valence-electron chi connectivity index (χ0n) is 13.9. The topological polar surface area (TPSA) is 126 Å². The molecule has 0 aliphatic heterocycles. The van der Waals surface area contributed by atoms with Crippen LogP contribution in [-0.4, -0.2) is 32.4 Å². The Bertz CT molecular complexity index is 899. The number of hydrogen-bond acceptors (Lipinski definition) is 5. The second-order valence-corrected chi connectivity index (χ2v) is 7.20. The predicted molar refractivity (Wildman–Crippen MR) is 90.1 cm³/mol. The minimum absolute atomic E-state index is 0.0943. The largest absolute Gasteiger partial charge is 0.481 e. The van der Waals surface area contributed by atoms with Crippen LogP contribution in [0.4, 0.5) is 5.69 Å². The van der Waals surface area contributed by atoms with Gasteiger partial charge in [-0.3, -0.25) is 9.59 Å². The highest BCUT2D eigenvalue weighted by Gasteiger charge is 2.22. The number of hydrogen-bond donors (Lipinski definition) is 3. The lowest BCUT2D eigenvalue weighted by atomic mass is 10.0. The lowest BCUT2D eigenvalue weighted by Gasteiger charge is -2.08. The third-order valence-corrected chi connectivity index (χ3v) is 4.98. The van der Waals surface area contributed by atoms with Gasteiger partial charge in [0.1, 0.15) is 5.76 Å². The van der Waals surface area contributed by atoms with Crippen LogP contribution in [0.5, 0.6) is 0 Å². The van der Waals surface area contributed by atoms with Crippen LogP contribution >= 0.6 is 0 Å². The van der Waals surface area contributed by atoms with Crippen molar-refractivity contribution in [1.82, 2.24) is 4.72 Å². The van der Waals surface area contributed by atoms with Crippen molar-refractivity contribution < 1.29 is 27.5 Å². The van der Waals surface area contributed by atoms with E-state index in [0.29, 0.717) is 11.3 Å². The standard InChI is InChI=1S/C16H18N2O6S/c1-9(16(20)21)11-4-6-12(7-5-11)18-15(19)13-8-14(24-10(13)2)25(22,23)17-3/h4-9,17H,1-3H3,(H,18,19)(H,20,21). The minimum atomic E-state index is -3.78. The number of anilines is 1. The monoisotopic (exact) mass is 366 g/mol. The second kappa shape index (κ2) is 7.08. The predicted octanol–water partition coefficient (Wildman–Crippen LogP) is 1.94. The van der Waals surface area contributed by atoms with Crippen molar-refractivity contribution >= 4 is 27.6 Å². The molecule has 1 unspecified atom stereocenters. The fourth-order valence-corrected chi connectivity index (χ4v) is 2.82. The van der Waals surface area contributed by atoms with E-state index in [4.69, 9.17) is 9.52 Å². The summed E-state index contributed by atoms with van der Waals surface area (Å²) < 4.78 is 30.7. The van der Waals surface area contributed by atoms with Gasteiger partial charge in [-0.1, -0.05) is 12.1 Å². The van der Waals surface area contributed by atoms with E-state index in [1.807, 2.05) is 0 Å². The van der Waals surface area contributed by atoms with Crippen LogP contribution in [0, 0.1) is 6.92 Å². The fourth-order valence-electron chi connectivity index (χ4n) is 2.11. The highest BCUT2D eigenvalue weighted by molar-refractivity contribution is 7.89. The molecule has 2 aromatic rings. The normalized spacial score (nSPS) is 12.6. The van der Waals surface area contributed by atoms with Crippen molar-refractivity contribution in [2.45, 2.75) is 24.9 Å². The first-order valence-corrected chi connectivity index (χ1v) is 8.82. The highest BCUT2D eigenvalue weighted by Crippen LogP contribution is 2.22. The summed E-state index contributed by atoms with van der Waals surface area (Å²) in [5.41, 5.74) is 1.15. The quantitative estimate of drug-likeness (QED) is 0.717. The lowest BCUT2D eigenvalue weighted by molar-refractivity contribution is -0.138. The van der Waals surface area contributed by atoms with Crippen molar-refractivity contribution in [3.8, 4) is 0 Å². The van der Waals surface area contributed by atoms with Gasteiger partial charge in [-0.05, 0) is 38.6 Å². The van der Waals surface area contributed by atoms with Crippen LogP contribution in [0.1, 0.15) is 34.5 Å². The number of carbonyl (C=O) groups is 2. The first-order chi connectivity index (χ1) is 11.7. The third-order valence-electron chi connectivity index (χ3n) is 3.71. The number of aryl methyl sites for hydroxylation is 1. The molecule has 25 heavy (non-hydrogen) atoms. The molecule has 0 bridgehead atoms. The average molecular weight is 366 g/mol. The Morgan fingerprint density at radius 3 is 2.32 bits per heavy atom. The summed E-state index contributed by atoms with van der Waals surface area (Å²) >= 11 is 0. The lowest BCUT2D eigenvalue weighted by Crippen LogP contribution is -2.18. The van der Waals surface area contributed by atoms with E-state index in [1.165, 1.54) is 14.0 Å². The van der Waals surface area contributed by atoms with E-state index in [0.717, 1.165) is 6.07 Å². The maximum Gasteiger partial charge on any atom is 0.310 e. The van der Waals surface area contributed by atoms with Gasteiger partial charge in [-0.15, -0.1) is 0 Å². The molecule has 0 spiro atoms. The van der Waals surface area contributed by atoms with E-state index in [-0.39, 0.29) is 16.4 Å². The molecular weight excluding hydrogens is 348 g/mol. The number of carboxylic acids is 1. The molecule has 1 amide bonds. The van der Waals surface area contributed by atoms with Gasteiger partial charge in [0.15, 0.2) is 0 Å². The van der Waals surface area contributed by atoms with Crippen LogP contribution in [0.25, 0.3) is 0 Å². The van der Waals surface area contributed by atoms with Gasteiger partial charge >= 0.3 is 5.97 Å². The van der Waals surface area contributed by atoms with Crippen LogP contribution in [-0.2, 0) is 14.8 Å². The number of sulfonamides is 1. The van der Waals surface area contributed by atoms with Gasteiger partial charge in [-0.2, -0.15) is 0 Å². The number of benzene rings is 1. The summed E-state index contributed by atoms with van der Waals surface area (Å²) in [7, 11) is -2.54. The Morgan fingerprint density at radius 2 is 1.80 bits per heavy atom. The number of furan rings is 1. The summed E-state index contributed by atoms with van der Waals surface area (Å²) in [6.07, 6.45) is 0. The molecule has 9 heteroatoms. The Morgan fingerprint density at radius 1 is 1.20 bits per heavy atom. The second-order valence-electron chi connectivity index (χ2n) is 5.38. The van der Waals surface area contributed by atoms with E-state index in [1.54, 1.807) is 31.2 Å². The smallest absolute Gasteiger partial charge is 0.310 e. The molecule has 0 aliphatic carbocycles. The summed E-state index contributed by atoms with van der Waals surface area (Å²) in [5.74, 6) is -1.96. The Balaban J connectivity index is 2.19. The number of nitrogens with one attached hydrogen (secondary N) is 2. The Kier molecular flexibility index (Phi) is 5.29. The molecule has 1 atom stereocenters. The molecule has 1 aromatic heterocycles. The first kappa shape index (κ1) is 18.7. The molecule has 2 rings (SSSR count). The van der Waals surface area contributed by atoms with Crippen molar-refractivity contribution in [3.63, 3.8) is 0 Å². The summed E-state index contributed by atoms with van der Waals surface area (Å²) in [6, 6.07) is 7.51. The SMILES string of the molecule is CNS(=O)(=O)c1cc(C(=O)Nc2ccc(C(C)C(=O)O)cc2)c(C)o1. The number of rotatable bonds is 6. The maximum atomic E-state index is 12.3. The highest BCUT2D eigenvalue weighted by atomic mass is 32.2. The van der Waals surface area contributed by atoms with Crippen molar-refractivity contribution in [2.24, 2.45) is 0 Å². The molecule has 0 saturated carbocycles. The Labute approximate surface area is 144 Å². The van der Waals surface area contributed by atoms with Crippen molar-refractivity contribution in [3.05, 3.63) is 47.2 Å². The molecule has 0 saturated heterocycles. The molecule has 0 fully saturated rings. The van der Waals surface area contributed by atoms with Crippen LogP contribution in [0.15, 0.2) is 39.8 Å². The number of carbonyl (C=O) groups excluding carboxylic acids is 1. The van der Waals surface area contributed by atoms with Gasteiger partial charge in [-0.25, -0.2) is 13.1 Å². The molecule has 0 radical (unpaired) electrons. The number of carboxylic acid groups (broad SMARTS) is 1.